The van der Waals surface area contributed by atoms with Gasteiger partial charge in [-0.3, -0.25) is 0 Å². The summed E-state index contributed by atoms with van der Waals surface area (Å²) in [5.41, 5.74) is 0. The van der Waals surface area contributed by atoms with Gasteiger partial charge in [-0.1, -0.05) is 0 Å². The molecule has 0 atom stereocenters. The van der Waals surface area contributed by atoms with Crippen molar-refractivity contribution in [2.75, 3.05) is 6.61 Å². The Hall–Kier alpha value is 0.474. The van der Waals surface area contributed by atoms with Crippen LogP contribution in [0, 0.1) is 6.92 Å². The third-order valence-electron chi connectivity index (χ3n) is 0. The fraction of sp³-hybridized carbons (Fsp3) is 0.750. The predicted molar refractivity (Wildman–Crippen MR) is 24.5 cm³/mol. The van der Waals surface area contributed by atoms with E-state index in [0.717, 1.165) is 20.4 Å². The molecule has 0 saturated heterocycles. The second-order valence-corrected chi connectivity index (χ2v) is 0.316. The quantitative estimate of drug-likeness (QED) is 0.396. The van der Waals surface area contributed by atoms with Gasteiger partial charge in [0.2, 0.25) is 0 Å². The van der Waals surface area contributed by atoms with Gasteiger partial charge in [0.1, 0.15) is 0 Å². The standard InChI is InChI=1S/C2H6O.C2H5.O.Ti/c1-2-3;1-2;;/h3H,2H2,1H3;1H2,2H3;;/q;-1;;+1. The summed E-state index contributed by atoms with van der Waals surface area (Å²) in [6, 6.07) is 0. The molecular formula is C4H11O2Ti. The summed E-state index contributed by atoms with van der Waals surface area (Å²) in [6.07, 6.45) is 0. The first-order chi connectivity index (χ1) is 3.41. The number of hydrogen-bond acceptors (Lipinski definition) is 2. The summed E-state index contributed by atoms with van der Waals surface area (Å²) in [7, 11) is 0. The van der Waals surface area contributed by atoms with Crippen molar-refractivity contribution in [3.05, 3.63) is 6.92 Å². The second kappa shape index (κ2) is 89.3. The van der Waals surface area contributed by atoms with Crippen LogP contribution in [-0.4, -0.2) is 11.7 Å². The van der Waals surface area contributed by atoms with Gasteiger partial charge < -0.3 is 12.0 Å². The zero-order chi connectivity index (χ0) is 6.71. The Balaban J connectivity index is -0.0000000360. The van der Waals surface area contributed by atoms with Crippen LogP contribution >= 0.6 is 0 Å². The Morgan fingerprint density at radius 2 is 1.57 bits per heavy atom. The Kier molecular flexibility index (Phi) is 200. The fourth-order valence-corrected chi connectivity index (χ4v) is 0. The Morgan fingerprint density at radius 1 is 1.57 bits per heavy atom. The van der Waals surface area contributed by atoms with Gasteiger partial charge in [-0.05, 0) is 6.92 Å². The summed E-state index contributed by atoms with van der Waals surface area (Å²) >= 11 is 0.750. The van der Waals surface area contributed by atoms with E-state index in [4.69, 9.17) is 8.43 Å². The van der Waals surface area contributed by atoms with Crippen molar-refractivity contribution in [1.82, 2.24) is 0 Å². The molecule has 7 heavy (non-hydrogen) atoms. The van der Waals surface area contributed by atoms with Crippen molar-refractivity contribution in [2.45, 2.75) is 13.8 Å². The summed E-state index contributed by atoms with van der Waals surface area (Å²) in [5, 5.41) is 7.57. The fourth-order valence-electron chi connectivity index (χ4n) is 0. The number of hydrogen-bond donors (Lipinski definition) is 1. The van der Waals surface area contributed by atoms with E-state index in [1.165, 1.54) is 0 Å². The molecule has 0 aliphatic carbocycles. The van der Waals surface area contributed by atoms with Gasteiger partial charge in [-0.25, -0.2) is 0 Å². The van der Waals surface area contributed by atoms with E-state index in [1.54, 1.807) is 13.8 Å². The molecule has 0 spiro atoms. The summed E-state index contributed by atoms with van der Waals surface area (Å²) < 4.78 is 8.25. The van der Waals surface area contributed by atoms with E-state index in [1.807, 2.05) is 0 Å². The molecule has 0 heterocycles. The van der Waals surface area contributed by atoms with Gasteiger partial charge >= 0.3 is 23.7 Å². The molecule has 0 aliphatic rings. The third kappa shape index (κ3) is 576. The van der Waals surface area contributed by atoms with Crippen molar-refractivity contribution < 1.29 is 28.8 Å². The summed E-state index contributed by atoms with van der Waals surface area (Å²) in [4.78, 5) is 0. The van der Waals surface area contributed by atoms with Gasteiger partial charge in [-0.15, -0.1) is 0 Å². The average molecular weight is 139 g/mol. The third-order valence-corrected chi connectivity index (χ3v) is 0. The summed E-state index contributed by atoms with van der Waals surface area (Å²) in [5.74, 6) is 0. The van der Waals surface area contributed by atoms with Gasteiger partial charge in [0.25, 0.3) is 0 Å². The molecule has 0 aromatic carbocycles. The zero-order valence-corrected chi connectivity index (χ0v) is 6.33. The first kappa shape index (κ1) is 15.6. The molecule has 0 aliphatic heterocycles. The molecule has 0 aromatic rings. The van der Waals surface area contributed by atoms with E-state index in [0.29, 0.717) is 0 Å². The average Bonchev–Trinajstić information content (AvgIpc) is 1.78. The first-order valence-corrected chi connectivity index (χ1v) is 2.57. The Labute approximate surface area is 56.7 Å². The molecule has 3 heteroatoms. The normalized spacial score (nSPS) is 4.29. The van der Waals surface area contributed by atoms with Crippen LogP contribution in [0.15, 0.2) is 0 Å². The molecule has 43 valence electrons. The molecule has 0 unspecified atom stereocenters. The molecule has 0 fully saturated rings. The molecule has 0 saturated carbocycles. The molecule has 0 rings (SSSR count). The van der Waals surface area contributed by atoms with Crippen molar-refractivity contribution in [1.29, 1.82) is 0 Å². The topological polar surface area (TPSA) is 37.3 Å². The molecule has 0 radical (unpaired) electrons. The zero-order valence-electron chi connectivity index (χ0n) is 4.77. The van der Waals surface area contributed by atoms with E-state index in [-0.39, 0.29) is 6.61 Å². The van der Waals surface area contributed by atoms with Crippen LogP contribution in [0.4, 0.5) is 0 Å². The van der Waals surface area contributed by atoms with Crippen molar-refractivity contribution in [3.8, 4) is 0 Å². The van der Waals surface area contributed by atoms with E-state index < -0.39 is 0 Å². The number of aliphatic hydroxyl groups excluding tert-OH is 1. The Bertz CT molecular complexity index is 13.7. The van der Waals surface area contributed by atoms with E-state index >= 15 is 0 Å². The molecule has 0 bridgehead atoms. The first-order valence-electron chi connectivity index (χ1n) is 1.93. The molecular weight excluding hydrogens is 128 g/mol. The Morgan fingerprint density at radius 3 is 1.57 bits per heavy atom. The molecule has 2 nitrogen and oxygen atoms in total. The van der Waals surface area contributed by atoms with Crippen molar-refractivity contribution >= 4 is 0 Å². The van der Waals surface area contributed by atoms with Crippen LogP contribution in [0.1, 0.15) is 13.8 Å². The van der Waals surface area contributed by atoms with Crippen LogP contribution in [0.25, 0.3) is 0 Å². The maximum absolute atomic E-state index is 8.25. The minimum atomic E-state index is 0.250. The van der Waals surface area contributed by atoms with Crippen LogP contribution in [-0.2, 0) is 23.7 Å². The van der Waals surface area contributed by atoms with Gasteiger partial charge in [0, 0.05) is 6.61 Å². The van der Waals surface area contributed by atoms with Gasteiger partial charge in [-0.2, -0.15) is 6.92 Å². The van der Waals surface area contributed by atoms with Crippen LogP contribution in [0.2, 0.25) is 0 Å². The maximum atomic E-state index is 8.25. The number of aliphatic hydroxyl groups is 1. The van der Waals surface area contributed by atoms with Crippen LogP contribution in [0.5, 0.6) is 0 Å². The molecule has 0 aromatic heterocycles. The van der Waals surface area contributed by atoms with Gasteiger partial charge in [0.05, 0.1) is 0 Å². The summed E-state index contributed by atoms with van der Waals surface area (Å²) in [6.45, 7) is 6.93. The van der Waals surface area contributed by atoms with E-state index in [2.05, 4.69) is 6.92 Å². The predicted octanol–water partition coefficient (Wildman–Crippen LogP) is 0.718. The SMILES string of the molecule is CCO.[CH2-]C.[O]=[Ti+]. The second-order valence-electron chi connectivity index (χ2n) is 0.316. The van der Waals surface area contributed by atoms with Gasteiger partial charge in [0.15, 0.2) is 0 Å². The monoisotopic (exact) mass is 139 g/mol. The van der Waals surface area contributed by atoms with Crippen LogP contribution in [0.3, 0.4) is 0 Å². The molecule has 1 N–H and O–H groups in total. The molecule has 0 amide bonds. The van der Waals surface area contributed by atoms with Crippen molar-refractivity contribution in [3.63, 3.8) is 0 Å². The minimum absolute atomic E-state index is 0.250. The number of rotatable bonds is 0. The van der Waals surface area contributed by atoms with Crippen molar-refractivity contribution in [2.24, 2.45) is 0 Å². The van der Waals surface area contributed by atoms with Crippen LogP contribution < -0.4 is 0 Å². The van der Waals surface area contributed by atoms with E-state index in [9.17, 15) is 0 Å².